The van der Waals surface area contributed by atoms with E-state index in [4.69, 9.17) is 20.7 Å². The van der Waals surface area contributed by atoms with Crippen LogP contribution in [0.15, 0.2) is 47.4 Å². The predicted octanol–water partition coefficient (Wildman–Crippen LogP) is 3.14. The lowest BCUT2D eigenvalue weighted by atomic mass is 10.1. The molecular weight excluding hydrogens is 352 g/mol. The van der Waals surface area contributed by atoms with E-state index in [-0.39, 0.29) is 22.9 Å². The van der Waals surface area contributed by atoms with Gasteiger partial charge in [-0.05, 0) is 49.4 Å². The van der Waals surface area contributed by atoms with Crippen LogP contribution in [0.5, 0.6) is 5.75 Å². The van der Waals surface area contributed by atoms with Crippen molar-refractivity contribution in [1.82, 2.24) is 0 Å². The SMILES string of the molecule is CCOc1ccc(NC(=O)c2ccc(C#N)cc2)cc1S(=O)(=O)Cl. The normalized spacial score (nSPS) is 10.7. The van der Waals surface area contributed by atoms with E-state index < -0.39 is 15.0 Å². The van der Waals surface area contributed by atoms with Crippen LogP contribution in [0.2, 0.25) is 0 Å². The van der Waals surface area contributed by atoms with Gasteiger partial charge in [0.25, 0.3) is 15.0 Å². The highest BCUT2D eigenvalue weighted by molar-refractivity contribution is 8.13. The summed E-state index contributed by atoms with van der Waals surface area (Å²) in [6.45, 7) is 1.99. The number of nitrogens with zero attached hydrogens (tertiary/aromatic N) is 1. The number of nitrogens with one attached hydrogen (secondary N) is 1. The van der Waals surface area contributed by atoms with Crippen LogP contribution in [0.1, 0.15) is 22.8 Å². The first kappa shape index (κ1) is 17.8. The van der Waals surface area contributed by atoms with Gasteiger partial charge in [-0.2, -0.15) is 5.26 Å². The van der Waals surface area contributed by atoms with Crippen molar-refractivity contribution in [3.63, 3.8) is 0 Å². The Bertz CT molecular complexity index is 903. The summed E-state index contributed by atoms with van der Waals surface area (Å²) in [5, 5.41) is 11.3. The zero-order chi connectivity index (χ0) is 17.7. The molecule has 0 radical (unpaired) electrons. The van der Waals surface area contributed by atoms with Gasteiger partial charge in [0.1, 0.15) is 10.6 Å². The molecule has 24 heavy (non-hydrogen) atoms. The Labute approximate surface area is 144 Å². The van der Waals surface area contributed by atoms with Crippen LogP contribution < -0.4 is 10.1 Å². The fourth-order valence-corrected chi connectivity index (χ4v) is 2.95. The van der Waals surface area contributed by atoms with E-state index in [2.05, 4.69) is 5.32 Å². The van der Waals surface area contributed by atoms with Crippen molar-refractivity contribution in [1.29, 1.82) is 5.26 Å². The Hall–Kier alpha value is -2.56. The number of carbonyl (C=O) groups excluding carboxylic acids is 1. The first-order valence-corrected chi connectivity index (χ1v) is 9.19. The topological polar surface area (TPSA) is 96.3 Å². The standard InChI is InChI=1S/C16H13ClN2O4S/c1-2-23-14-8-7-13(9-15(14)24(17,21)22)19-16(20)12-5-3-11(10-18)4-6-12/h3-9H,2H2,1H3,(H,19,20). The van der Waals surface area contributed by atoms with Crippen LogP contribution in [0.4, 0.5) is 5.69 Å². The molecule has 6 nitrogen and oxygen atoms in total. The largest absolute Gasteiger partial charge is 0.492 e. The number of ether oxygens (including phenoxy) is 1. The van der Waals surface area contributed by atoms with Gasteiger partial charge in [-0.1, -0.05) is 0 Å². The molecule has 0 spiro atoms. The van der Waals surface area contributed by atoms with Gasteiger partial charge in [0.2, 0.25) is 0 Å². The predicted molar refractivity (Wildman–Crippen MR) is 89.8 cm³/mol. The average Bonchev–Trinajstić information content (AvgIpc) is 2.55. The van der Waals surface area contributed by atoms with Crippen molar-refractivity contribution in [3.8, 4) is 11.8 Å². The molecule has 2 rings (SSSR count). The number of nitriles is 1. The maximum absolute atomic E-state index is 12.2. The minimum Gasteiger partial charge on any atom is -0.492 e. The van der Waals surface area contributed by atoms with E-state index in [0.717, 1.165) is 0 Å². The van der Waals surface area contributed by atoms with Gasteiger partial charge in [-0.25, -0.2) is 8.42 Å². The summed E-state index contributed by atoms with van der Waals surface area (Å²) in [6, 6.07) is 12.2. The van der Waals surface area contributed by atoms with Gasteiger partial charge >= 0.3 is 0 Å². The third-order valence-corrected chi connectivity index (χ3v) is 4.38. The maximum Gasteiger partial charge on any atom is 0.265 e. The van der Waals surface area contributed by atoms with Gasteiger partial charge in [0.05, 0.1) is 18.2 Å². The number of halogens is 1. The summed E-state index contributed by atoms with van der Waals surface area (Å²) in [6.07, 6.45) is 0. The third kappa shape index (κ3) is 4.25. The zero-order valence-corrected chi connectivity index (χ0v) is 14.2. The van der Waals surface area contributed by atoms with Crippen LogP contribution in [0, 0.1) is 11.3 Å². The number of benzene rings is 2. The highest BCUT2D eigenvalue weighted by atomic mass is 35.7. The molecule has 1 N–H and O–H groups in total. The Balaban J connectivity index is 2.29. The van der Waals surface area contributed by atoms with Crippen molar-refractivity contribution < 1.29 is 17.9 Å². The first-order valence-electron chi connectivity index (χ1n) is 6.88. The van der Waals surface area contributed by atoms with E-state index in [9.17, 15) is 13.2 Å². The summed E-state index contributed by atoms with van der Waals surface area (Å²) in [7, 11) is 1.38. The minimum absolute atomic E-state index is 0.115. The Kier molecular flexibility index (Phi) is 5.44. The van der Waals surface area contributed by atoms with Gasteiger partial charge in [-0.15, -0.1) is 0 Å². The molecule has 0 unspecified atom stereocenters. The number of amides is 1. The quantitative estimate of drug-likeness (QED) is 0.822. The average molecular weight is 365 g/mol. The Morgan fingerprint density at radius 3 is 2.46 bits per heavy atom. The second-order valence-electron chi connectivity index (χ2n) is 4.68. The third-order valence-electron chi connectivity index (χ3n) is 3.04. The van der Waals surface area contributed by atoms with Crippen LogP contribution >= 0.6 is 10.7 Å². The van der Waals surface area contributed by atoms with E-state index in [1.807, 2.05) is 6.07 Å². The smallest absolute Gasteiger partial charge is 0.265 e. The zero-order valence-electron chi connectivity index (χ0n) is 12.6. The molecule has 0 heterocycles. The molecule has 2 aromatic carbocycles. The van der Waals surface area contributed by atoms with Gasteiger partial charge in [-0.3, -0.25) is 4.79 Å². The molecule has 0 saturated heterocycles. The molecular formula is C16H13ClN2O4S. The fraction of sp³-hybridized carbons (Fsp3) is 0.125. The highest BCUT2D eigenvalue weighted by Crippen LogP contribution is 2.30. The number of anilines is 1. The molecule has 8 heteroatoms. The molecule has 0 aliphatic heterocycles. The number of rotatable bonds is 5. The van der Waals surface area contributed by atoms with Crippen molar-refractivity contribution in [2.75, 3.05) is 11.9 Å². The minimum atomic E-state index is -4.03. The van der Waals surface area contributed by atoms with Crippen LogP contribution in [0.25, 0.3) is 0 Å². The summed E-state index contributed by atoms with van der Waals surface area (Å²) in [4.78, 5) is 12.0. The molecule has 2 aromatic rings. The summed E-state index contributed by atoms with van der Waals surface area (Å²) in [5.74, 6) is -0.328. The molecule has 0 saturated carbocycles. The molecule has 0 aromatic heterocycles. The van der Waals surface area contributed by atoms with Crippen molar-refractivity contribution in [2.45, 2.75) is 11.8 Å². The molecule has 1 amide bonds. The van der Waals surface area contributed by atoms with Gasteiger partial charge in [0, 0.05) is 21.9 Å². The maximum atomic E-state index is 12.2. The van der Waals surface area contributed by atoms with Crippen LogP contribution in [-0.4, -0.2) is 20.9 Å². The van der Waals surface area contributed by atoms with Crippen molar-refractivity contribution in [2.24, 2.45) is 0 Å². The van der Waals surface area contributed by atoms with Crippen LogP contribution in [0.3, 0.4) is 0 Å². The second-order valence-corrected chi connectivity index (χ2v) is 7.21. The molecule has 0 bridgehead atoms. The van der Waals surface area contributed by atoms with E-state index >= 15 is 0 Å². The highest BCUT2D eigenvalue weighted by Gasteiger charge is 2.18. The summed E-state index contributed by atoms with van der Waals surface area (Å²) < 4.78 is 28.5. The number of carbonyl (C=O) groups is 1. The number of hydrogen-bond acceptors (Lipinski definition) is 5. The van der Waals surface area contributed by atoms with Gasteiger partial charge < -0.3 is 10.1 Å². The van der Waals surface area contributed by atoms with E-state index in [1.165, 1.54) is 42.5 Å². The fourth-order valence-electron chi connectivity index (χ4n) is 1.95. The Morgan fingerprint density at radius 2 is 1.92 bits per heavy atom. The Morgan fingerprint density at radius 1 is 1.25 bits per heavy atom. The van der Waals surface area contributed by atoms with E-state index in [1.54, 1.807) is 6.92 Å². The first-order chi connectivity index (χ1) is 11.3. The monoisotopic (exact) mass is 364 g/mol. The van der Waals surface area contributed by atoms with Gasteiger partial charge in [0.15, 0.2) is 0 Å². The summed E-state index contributed by atoms with van der Waals surface area (Å²) in [5.41, 5.74) is 1.02. The second kappa shape index (κ2) is 7.34. The van der Waals surface area contributed by atoms with E-state index in [0.29, 0.717) is 11.1 Å². The lowest BCUT2D eigenvalue weighted by Gasteiger charge is -2.11. The lowest BCUT2D eigenvalue weighted by molar-refractivity contribution is 0.102. The lowest BCUT2D eigenvalue weighted by Crippen LogP contribution is -2.12. The van der Waals surface area contributed by atoms with Crippen LogP contribution in [-0.2, 0) is 9.05 Å². The molecule has 124 valence electrons. The number of hydrogen-bond donors (Lipinski definition) is 1. The summed E-state index contributed by atoms with van der Waals surface area (Å²) >= 11 is 0. The molecule has 0 fully saturated rings. The van der Waals surface area contributed by atoms with Crippen molar-refractivity contribution >= 4 is 31.3 Å². The molecule has 0 atom stereocenters. The van der Waals surface area contributed by atoms with Crippen molar-refractivity contribution in [3.05, 3.63) is 53.6 Å². The molecule has 0 aliphatic rings. The molecule has 0 aliphatic carbocycles.